The van der Waals surface area contributed by atoms with Crippen molar-refractivity contribution >= 4 is 27.5 Å². The van der Waals surface area contributed by atoms with Crippen molar-refractivity contribution in [3.8, 4) is 28.6 Å². The van der Waals surface area contributed by atoms with Crippen molar-refractivity contribution in [2.45, 2.75) is 0 Å². The van der Waals surface area contributed by atoms with Gasteiger partial charge in [0.1, 0.15) is 5.75 Å². The summed E-state index contributed by atoms with van der Waals surface area (Å²) in [4.78, 5) is 4.28. The fraction of sp³-hybridized carbons (Fsp3) is 0. The molecule has 1 aromatic heterocycles. The van der Waals surface area contributed by atoms with Gasteiger partial charge < -0.3 is 9.63 Å². The number of hydrogen-bond acceptors (Lipinski definition) is 4. The number of aromatic hydroxyl groups is 1. The lowest BCUT2D eigenvalue weighted by Crippen LogP contribution is -1.82. The summed E-state index contributed by atoms with van der Waals surface area (Å²) in [6, 6.07) is 12.3. The lowest BCUT2D eigenvalue weighted by Gasteiger charge is -1.98. The molecular weight excluding hydrogens is 344 g/mol. The molecule has 6 heteroatoms. The van der Waals surface area contributed by atoms with E-state index in [1.807, 2.05) is 24.3 Å². The summed E-state index contributed by atoms with van der Waals surface area (Å²) in [6.07, 6.45) is 0. The maximum atomic E-state index is 9.85. The van der Waals surface area contributed by atoms with Gasteiger partial charge in [-0.05, 0) is 30.3 Å². The molecule has 0 aliphatic heterocycles. The normalized spacial score (nSPS) is 10.7. The molecule has 0 radical (unpaired) electrons. The van der Waals surface area contributed by atoms with E-state index in [9.17, 15) is 5.11 Å². The number of benzene rings is 2. The van der Waals surface area contributed by atoms with E-state index in [2.05, 4.69) is 26.1 Å². The second-order valence-electron chi connectivity index (χ2n) is 4.09. The highest BCUT2D eigenvalue weighted by Crippen LogP contribution is 2.31. The summed E-state index contributed by atoms with van der Waals surface area (Å²) in [6.45, 7) is 0. The molecular formula is C14H8BrClN2O2. The molecule has 100 valence electrons. The van der Waals surface area contributed by atoms with Crippen LogP contribution in [0.25, 0.3) is 22.8 Å². The van der Waals surface area contributed by atoms with E-state index in [-0.39, 0.29) is 11.6 Å². The monoisotopic (exact) mass is 350 g/mol. The van der Waals surface area contributed by atoms with Crippen LogP contribution in [0.5, 0.6) is 5.75 Å². The summed E-state index contributed by atoms with van der Waals surface area (Å²) in [5, 5.41) is 14.2. The number of halogens is 2. The number of rotatable bonds is 2. The van der Waals surface area contributed by atoms with Crippen molar-refractivity contribution in [2.75, 3.05) is 0 Å². The Labute approximate surface area is 128 Å². The highest BCUT2D eigenvalue weighted by atomic mass is 79.9. The van der Waals surface area contributed by atoms with Crippen LogP contribution in [0, 0.1) is 0 Å². The summed E-state index contributed by atoms with van der Waals surface area (Å²) in [7, 11) is 0. The predicted octanol–water partition coefficient (Wildman–Crippen LogP) is 4.53. The Balaban J connectivity index is 2.02. The van der Waals surface area contributed by atoms with E-state index in [0.29, 0.717) is 16.4 Å². The van der Waals surface area contributed by atoms with E-state index in [1.54, 1.807) is 12.1 Å². The minimum atomic E-state index is 0.00180. The summed E-state index contributed by atoms with van der Waals surface area (Å²) in [5.41, 5.74) is 1.27. The molecule has 0 aliphatic carbocycles. The zero-order valence-electron chi connectivity index (χ0n) is 10.0. The number of phenolic OH excluding ortho intramolecular Hbond substituents is 1. The lowest BCUT2D eigenvalue weighted by molar-refractivity contribution is 0.426. The smallest absolute Gasteiger partial charge is 0.261 e. The molecule has 1 heterocycles. The van der Waals surface area contributed by atoms with Crippen LogP contribution in [0.1, 0.15) is 0 Å². The SMILES string of the molecule is Oc1cc(Cl)ccc1-c1nc(-c2cccc(Br)c2)no1. The van der Waals surface area contributed by atoms with Crippen LogP contribution in [-0.4, -0.2) is 15.2 Å². The third-order valence-corrected chi connectivity index (χ3v) is 3.43. The van der Waals surface area contributed by atoms with E-state index in [1.165, 1.54) is 6.07 Å². The Morgan fingerprint density at radius 3 is 2.75 bits per heavy atom. The van der Waals surface area contributed by atoms with Crippen LogP contribution in [0.3, 0.4) is 0 Å². The first kappa shape index (κ1) is 13.1. The predicted molar refractivity (Wildman–Crippen MR) is 79.5 cm³/mol. The van der Waals surface area contributed by atoms with Gasteiger partial charge in [0.05, 0.1) is 5.56 Å². The standard InChI is InChI=1S/C14H8BrClN2O2/c15-9-3-1-2-8(6-9)13-17-14(20-18-13)11-5-4-10(16)7-12(11)19/h1-7,19H. The van der Waals surface area contributed by atoms with Gasteiger partial charge >= 0.3 is 0 Å². The third-order valence-electron chi connectivity index (χ3n) is 2.70. The first-order valence-corrected chi connectivity index (χ1v) is 6.89. The number of nitrogens with zero attached hydrogens (tertiary/aromatic N) is 2. The molecule has 0 bridgehead atoms. The fourth-order valence-electron chi connectivity index (χ4n) is 1.76. The van der Waals surface area contributed by atoms with Crippen molar-refractivity contribution in [2.24, 2.45) is 0 Å². The van der Waals surface area contributed by atoms with Gasteiger partial charge in [0.2, 0.25) is 5.82 Å². The molecule has 0 saturated carbocycles. The molecule has 0 aliphatic rings. The van der Waals surface area contributed by atoms with Crippen LogP contribution >= 0.6 is 27.5 Å². The second-order valence-corrected chi connectivity index (χ2v) is 5.45. The largest absolute Gasteiger partial charge is 0.507 e. The molecule has 0 spiro atoms. The van der Waals surface area contributed by atoms with Gasteiger partial charge in [-0.15, -0.1) is 0 Å². The van der Waals surface area contributed by atoms with Gasteiger partial charge in [-0.1, -0.05) is 44.8 Å². The molecule has 0 saturated heterocycles. The molecule has 0 fully saturated rings. The molecule has 1 N–H and O–H groups in total. The zero-order chi connectivity index (χ0) is 14.1. The molecule has 20 heavy (non-hydrogen) atoms. The van der Waals surface area contributed by atoms with Gasteiger partial charge in [0.15, 0.2) is 0 Å². The van der Waals surface area contributed by atoms with Crippen LogP contribution < -0.4 is 0 Å². The van der Waals surface area contributed by atoms with Crippen molar-refractivity contribution in [3.63, 3.8) is 0 Å². The quantitative estimate of drug-likeness (QED) is 0.737. The highest BCUT2D eigenvalue weighted by Gasteiger charge is 2.14. The average molecular weight is 352 g/mol. The third kappa shape index (κ3) is 2.55. The van der Waals surface area contributed by atoms with E-state index in [0.717, 1.165) is 10.0 Å². The Hall–Kier alpha value is -1.85. The topological polar surface area (TPSA) is 59.2 Å². The fourth-order valence-corrected chi connectivity index (χ4v) is 2.33. The lowest BCUT2D eigenvalue weighted by atomic mass is 10.2. The minimum Gasteiger partial charge on any atom is -0.507 e. The van der Waals surface area contributed by atoms with Gasteiger partial charge in [-0.2, -0.15) is 4.98 Å². The van der Waals surface area contributed by atoms with Gasteiger partial charge in [-0.25, -0.2) is 0 Å². The highest BCUT2D eigenvalue weighted by molar-refractivity contribution is 9.10. The first-order chi connectivity index (χ1) is 9.63. The molecule has 4 nitrogen and oxygen atoms in total. The first-order valence-electron chi connectivity index (χ1n) is 5.72. The van der Waals surface area contributed by atoms with Crippen molar-refractivity contribution in [1.29, 1.82) is 0 Å². The summed E-state index contributed by atoms with van der Waals surface area (Å²) < 4.78 is 6.11. The second kappa shape index (κ2) is 5.26. The maximum Gasteiger partial charge on any atom is 0.261 e. The van der Waals surface area contributed by atoms with Gasteiger partial charge in [0.25, 0.3) is 5.89 Å². The van der Waals surface area contributed by atoms with Crippen LogP contribution in [0.4, 0.5) is 0 Å². The number of aromatic nitrogens is 2. The minimum absolute atomic E-state index is 0.00180. The van der Waals surface area contributed by atoms with Gasteiger partial charge in [-0.3, -0.25) is 0 Å². The molecule has 3 aromatic rings. The Morgan fingerprint density at radius 1 is 1.15 bits per heavy atom. The van der Waals surface area contributed by atoms with E-state index in [4.69, 9.17) is 16.1 Å². The van der Waals surface area contributed by atoms with Crippen molar-refractivity contribution in [1.82, 2.24) is 10.1 Å². The zero-order valence-corrected chi connectivity index (χ0v) is 12.4. The molecule has 3 rings (SSSR count). The average Bonchev–Trinajstić information content (AvgIpc) is 2.88. The van der Waals surface area contributed by atoms with Crippen molar-refractivity contribution in [3.05, 3.63) is 52.0 Å². The molecule has 2 aromatic carbocycles. The van der Waals surface area contributed by atoms with Gasteiger partial charge in [0, 0.05) is 15.1 Å². The molecule has 0 atom stereocenters. The van der Waals surface area contributed by atoms with E-state index < -0.39 is 0 Å². The van der Waals surface area contributed by atoms with Crippen LogP contribution in [0.2, 0.25) is 5.02 Å². The van der Waals surface area contributed by atoms with Crippen molar-refractivity contribution < 1.29 is 9.63 Å². The van der Waals surface area contributed by atoms with Crippen LogP contribution in [0.15, 0.2) is 51.5 Å². The number of hydrogen-bond donors (Lipinski definition) is 1. The maximum absolute atomic E-state index is 9.85. The molecule has 0 amide bonds. The summed E-state index contributed by atoms with van der Waals surface area (Å²) >= 11 is 9.18. The Morgan fingerprint density at radius 2 is 2.00 bits per heavy atom. The Bertz CT molecular complexity index is 773. The number of phenols is 1. The van der Waals surface area contributed by atoms with E-state index >= 15 is 0 Å². The molecule has 0 unspecified atom stereocenters. The van der Waals surface area contributed by atoms with Crippen LogP contribution in [-0.2, 0) is 0 Å². The summed E-state index contributed by atoms with van der Waals surface area (Å²) in [5.74, 6) is 0.701. The Kier molecular flexibility index (Phi) is 3.46.